The second kappa shape index (κ2) is 7.90. The van der Waals surface area contributed by atoms with Crippen molar-refractivity contribution < 1.29 is 9.53 Å². The number of thioether (sulfide) groups is 1. The van der Waals surface area contributed by atoms with Crippen LogP contribution in [-0.4, -0.2) is 23.0 Å². The molecule has 0 fully saturated rings. The molecule has 0 aliphatic carbocycles. The van der Waals surface area contributed by atoms with Crippen molar-refractivity contribution in [3.05, 3.63) is 78.1 Å². The summed E-state index contributed by atoms with van der Waals surface area (Å²) in [5.41, 5.74) is 2.87. The number of nitrogens with zero attached hydrogens (tertiary/aromatic N) is 2. The first-order valence-electron chi connectivity index (χ1n) is 8.34. The Kier molecular flexibility index (Phi) is 5.18. The molecule has 6 heteroatoms. The Morgan fingerprint density at radius 3 is 2.59 bits per heavy atom. The summed E-state index contributed by atoms with van der Waals surface area (Å²) in [6.07, 6.45) is 1.62. The lowest BCUT2D eigenvalue weighted by Crippen LogP contribution is -2.00. The minimum absolute atomic E-state index is 0.321. The Bertz CT molecular complexity index is 1080. The molecule has 134 valence electrons. The molecule has 0 unspecified atom stereocenters. The molecule has 0 N–H and O–H groups in total. The van der Waals surface area contributed by atoms with E-state index in [1.807, 2.05) is 30.3 Å². The molecule has 2 aromatic carbocycles. The molecule has 2 heterocycles. The molecule has 2 aromatic heterocycles. The van der Waals surface area contributed by atoms with Gasteiger partial charge in [-0.15, -0.1) is 23.1 Å². The van der Waals surface area contributed by atoms with Crippen LogP contribution >= 0.6 is 23.1 Å². The first-order valence-corrected chi connectivity index (χ1v) is 10.1. The summed E-state index contributed by atoms with van der Waals surface area (Å²) in [6.45, 7) is 0. The molecular formula is C21H16N2O2S2. The van der Waals surface area contributed by atoms with Crippen LogP contribution in [0, 0.1) is 0 Å². The lowest BCUT2D eigenvalue weighted by Gasteiger charge is -2.04. The predicted molar refractivity (Wildman–Crippen MR) is 110 cm³/mol. The van der Waals surface area contributed by atoms with Crippen molar-refractivity contribution in [2.24, 2.45) is 0 Å². The quantitative estimate of drug-likeness (QED) is 0.257. The Morgan fingerprint density at radius 2 is 1.85 bits per heavy atom. The zero-order valence-corrected chi connectivity index (χ0v) is 16.2. The van der Waals surface area contributed by atoms with E-state index in [2.05, 4.69) is 28.2 Å². The maximum Gasteiger partial charge on any atom is 0.337 e. The minimum Gasteiger partial charge on any atom is -0.465 e. The number of carbonyl (C=O) groups excluding carboxylic acids is 1. The number of carbonyl (C=O) groups is 1. The predicted octanol–water partition coefficient (Wildman–Crippen LogP) is 5.44. The fraction of sp³-hybridized carbons (Fsp3) is 0.0952. The number of aromatic nitrogens is 2. The van der Waals surface area contributed by atoms with Crippen LogP contribution < -0.4 is 0 Å². The van der Waals surface area contributed by atoms with Gasteiger partial charge in [0.25, 0.3) is 0 Å². The van der Waals surface area contributed by atoms with Gasteiger partial charge in [-0.25, -0.2) is 14.8 Å². The molecule has 0 saturated heterocycles. The van der Waals surface area contributed by atoms with Crippen LogP contribution in [0.3, 0.4) is 0 Å². The van der Waals surface area contributed by atoms with Crippen LogP contribution in [-0.2, 0) is 10.5 Å². The molecule has 0 atom stereocenters. The molecule has 0 amide bonds. The number of hydrogen-bond acceptors (Lipinski definition) is 6. The maximum absolute atomic E-state index is 11.5. The molecule has 0 bridgehead atoms. The summed E-state index contributed by atoms with van der Waals surface area (Å²) in [6, 6.07) is 19.9. The van der Waals surface area contributed by atoms with Gasteiger partial charge in [0.15, 0.2) is 0 Å². The van der Waals surface area contributed by atoms with E-state index in [0.717, 1.165) is 26.6 Å². The third-order valence-corrected chi connectivity index (χ3v) is 6.27. The zero-order chi connectivity index (χ0) is 18.6. The van der Waals surface area contributed by atoms with Crippen molar-refractivity contribution in [2.45, 2.75) is 10.8 Å². The van der Waals surface area contributed by atoms with Crippen molar-refractivity contribution in [1.29, 1.82) is 0 Å². The summed E-state index contributed by atoms with van der Waals surface area (Å²) in [5.74, 6) is 0.447. The average Bonchev–Trinajstić information content (AvgIpc) is 3.18. The number of fused-ring (bicyclic) bond motifs is 1. The van der Waals surface area contributed by atoms with E-state index in [1.165, 1.54) is 17.6 Å². The standard InChI is InChI=1S/C21H16N2O2S2/c1-25-21(24)16-9-7-14(8-10-16)12-26-19-17-11-18(15-5-3-2-4-6-15)27-20(17)23-13-22-19/h2-11,13H,12H2,1H3. The van der Waals surface area contributed by atoms with Gasteiger partial charge in [0, 0.05) is 16.0 Å². The molecule has 4 rings (SSSR count). The molecule has 0 saturated carbocycles. The normalized spacial score (nSPS) is 10.9. The Balaban J connectivity index is 1.55. The third kappa shape index (κ3) is 3.86. The maximum atomic E-state index is 11.5. The number of esters is 1. The second-order valence-electron chi connectivity index (χ2n) is 5.85. The van der Waals surface area contributed by atoms with Gasteiger partial charge >= 0.3 is 5.97 Å². The average molecular weight is 393 g/mol. The van der Waals surface area contributed by atoms with Gasteiger partial charge in [-0.1, -0.05) is 42.5 Å². The van der Waals surface area contributed by atoms with Crippen LogP contribution in [0.1, 0.15) is 15.9 Å². The molecule has 0 radical (unpaired) electrons. The Hall–Kier alpha value is -2.70. The summed E-state index contributed by atoms with van der Waals surface area (Å²) < 4.78 is 4.73. The van der Waals surface area contributed by atoms with Crippen LogP contribution in [0.2, 0.25) is 0 Å². The molecule has 27 heavy (non-hydrogen) atoms. The molecule has 0 spiro atoms. The number of hydrogen-bond donors (Lipinski definition) is 0. The van der Waals surface area contributed by atoms with Gasteiger partial charge in [-0.3, -0.25) is 0 Å². The molecule has 0 aliphatic rings. The van der Waals surface area contributed by atoms with Crippen LogP contribution in [0.5, 0.6) is 0 Å². The fourth-order valence-electron chi connectivity index (χ4n) is 2.70. The number of methoxy groups -OCH3 is 1. The monoisotopic (exact) mass is 392 g/mol. The van der Waals surface area contributed by atoms with Crippen molar-refractivity contribution >= 4 is 39.3 Å². The van der Waals surface area contributed by atoms with E-state index in [-0.39, 0.29) is 5.97 Å². The molecule has 0 aliphatic heterocycles. The van der Waals surface area contributed by atoms with E-state index < -0.39 is 0 Å². The summed E-state index contributed by atoms with van der Waals surface area (Å²) in [7, 11) is 1.39. The van der Waals surface area contributed by atoms with Gasteiger partial charge in [0.1, 0.15) is 16.2 Å². The van der Waals surface area contributed by atoms with Gasteiger partial charge < -0.3 is 4.74 Å². The zero-order valence-electron chi connectivity index (χ0n) is 14.6. The Labute approximate surface area is 165 Å². The fourth-order valence-corrected chi connectivity index (χ4v) is 4.70. The van der Waals surface area contributed by atoms with E-state index in [9.17, 15) is 4.79 Å². The smallest absolute Gasteiger partial charge is 0.337 e. The lowest BCUT2D eigenvalue weighted by molar-refractivity contribution is 0.0600. The summed E-state index contributed by atoms with van der Waals surface area (Å²) in [5, 5.41) is 2.05. The largest absolute Gasteiger partial charge is 0.465 e. The van der Waals surface area contributed by atoms with Crippen molar-refractivity contribution in [3.8, 4) is 10.4 Å². The van der Waals surface area contributed by atoms with Crippen LogP contribution in [0.4, 0.5) is 0 Å². The van der Waals surface area contributed by atoms with Gasteiger partial charge in [-0.2, -0.15) is 0 Å². The molecule has 4 aromatic rings. The highest BCUT2D eigenvalue weighted by Gasteiger charge is 2.11. The first-order chi connectivity index (χ1) is 13.2. The van der Waals surface area contributed by atoms with E-state index in [1.54, 1.807) is 41.6 Å². The highest BCUT2D eigenvalue weighted by atomic mass is 32.2. The van der Waals surface area contributed by atoms with E-state index in [4.69, 9.17) is 4.74 Å². The van der Waals surface area contributed by atoms with Crippen LogP contribution in [0.15, 0.2) is 72.0 Å². The van der Waals surface area contributed by atoms with E-state index in [0.29, 0.717) is 5.56 Å². The van der Waals surface area contributed by atoms with Gasteiger partial charge in [-0.05, 0) is 29.3 Å². The second-order valence-corrected chi connectivity index (χ2v) is 7.85. The van der Waals surface area contributed by atoms with E-state index >= 15 is 0 Å². The number of benzene rings is 2. The van der Waals surface area contributed by atoms with Crippen molar-refractivity contribution in [1.82, 2.24) is 9.97 Å². The Morgan fingerprint density at radius 1 is 1.07 bits per heavy atom. The summed E-state index contributed by atoms with van der Waals surface area (Å²) in [4.78, 5) is 22.6. The van der Waals surface area contributed by atoms with Crippen molar-refractivity contribution in [2.75, 3.05) is 7.11 Å². The summed E-state index contributed by atoms with van der Waals surface area (Å²) >= 11 is 3.35. The highest BCUT2D eigenvalue weighted by molar-refractivity contribution is 7.98. The highest BCUT2D eigenvalue weighted by Crippen LogP contribution is 2.36. The van der Waals surface area contributed by atoms with Crippen molar-refractivity contribution in [3.63, 3.8) is 0 Å². The topological polar surface area (TPSA) is 52.1 Å². The molecular weight excluding hydrogens is 376 g/mol. The molecule has 4 nitrogen and oxygen atoms in total. The van der Waals surface area contributed by atoms with Gasteiger partial charge in [0.05, 0.1) is 12.7 Å². The number of rotatable bonds is 5. The first kappa shape index (κ1) is 17.7. The SMILES string of the molecule is COC(=O)c1ccc(CSc2ncnc3sc(-c4ccccc4)cc23)cc1. The number of thiophene rings is 1. The van der Waals surface area contributed by atoms with Gasteiger partial charge in [0.2, 0.25) is 0 Å². The third-order valence-electron chi connectivity index (χ3n) is 4.10. The minimum atomic E-state index is -0.321. The lowest BCUT2D eigenvalue weighted by atomic mass is 10.1. The number of ether oxygens (including phenoxy) is 1. The van der Waals surface area contributed by atoms with Crippen LogP contribution in [0.25, 0.3) is 20.7 Å².